The van der Waals surface area contributed by atoms with Crippen molar-refractivity contribution in [1.82, 2.24) is 24.6 Å². The van der Waals surface area contributed by atoms with E-state index < -0.39 is 0 Å². The number of rotatable bonds is 8. The number of hydrogen-bond donors (Lipinski definition) is 0. The van der Waals surface area contributed by atoms with Crippen LogP contribution in [-0.2, 0) is 24.2 Å². The zero-order valence-electron chi connectivity index (χ0n) is 17.8. The molecule has 164 valence electrons. The number of ether oxygens (including phenoxy) is 3. The van der Waals surface area contributed by atoms with Crippen LogP contribution in [0.4, 0.5) is 0 Å². The highest BCUT2D eigenvalue weighted by atomic mass is 16.5. The van der Waals surface area contributed by atoms with Gasteiger partial charge in [-0.2, -0.15) is 10.1 Å². The normalized spacial score (nSPS) is 13.2. The summed E-state index contributed by atoms with van der Waals surface area (Å²) in [6.45, 7) is 4.78. The first kappa shape index (κ1) is 20.9. The Kier molecular flexibility index (Phi) is 6.17. The summed E-state index contributed by atoms with van der Waals surface area (Å²) in [5.41, 5.74) is 3.80. The third-order valence-corrected chi connectivity index (χ3v) is 5.22. The second kappa shape index (κ2) is 9.17. The van der Waals surface area contributed by atoms with Gasteiger partial charge in [0, 0.05) is 36.9 Å². The SMILES string of the molecule is CCOCCn1nc(-c2cocn2)c2c1CCN(C(=O)c1ccc(OC)nc1OC)C2. The van der Waals surface area contributed by atoms with Crippen molar-refractivity contribution >= 4 is 5.91 Å². The van der Waals surface area contributed by atoms with Crippen LogP contribution in [0, 0.1) is 0 Å². The molecule has 4 rings (SSSR count). The van der Waals surface area contributed by atoms with Gasteiger partial charge in [-0.15, -0.1) is 0 Å². The first-order valence-corrected chi connectivity index (χ1v) is 10.1. The van der Waals surface area contributed by atoms with Crippen LogP contribution < -0.4 is 9.47 Å². The van der Waals surface area contributed by atoms with E-state index in [1.807, 2.05) is 11.6 Å². The summed E-state index contributed by atoms with van der Waals surface area (Å²) in [7, 11) is 3.00. The van der Waals surface area contributed by atoms with Crippen molar-refractivity contribution in [2.45, 2.75) is 26.4 Å². The number of carbonyl (C=O) groups excluding carboxylic acids is 1. The topological polar surface area (TPSA) is 105 Å². The van der Waals surface area contributed by atoms with Gasteiger partial charge in [-0.1, -0.05) is 0 Å². The second-order valence-corrected chi connectivity index (χ2v) is 6.95. The number of carbonyl (C=O) groups is 1. The molecule has 1 aliphatic rings. The molecule has 0 bridgehead atoms. The number of oxazole rings is 1. The number of nitrogens with zero attached hydrogens (tertiary/aromatic N) is 5. The van der Waals surface area contributed by atoms with Gasteiger partial charge >= 0.3 is 0 Å². The van der Waals surface area contributed by atoms with E-state index in [1.165, 1.54) is 20.6 Å². The van der Waals surface area contributed by atoms with E-state index in [1.54, 1.807) is 23.3 Å². The van der Waals surface area contributed by atoms with Crippen molar-refractivity contribution in [3.63, 3.8) is 0 Å². The van der Waals surface area contributed by atoms with Gasteiger partial charge in [0.25, 0.3) is 5.91 Å². The Bertz CT molecular complexity index is 1050. The van der Waals surface area contributed by atoms with Crippen molar-refractivity contribution < 1.29 is 23.4 Å². The summed E-state index contributed by atoms with van der Waals surface area (Å²) in [5, 5.41) is 4.75. The van der Waals surface area contributed by atoms with Crippen LogP contribution in [-0.4, -0.2) is 64.5 Å². The van der Waals surface area contributed by atoms with Crippen LogP contribution in [0.3, 0.4) is 0 Å². The largest absolute Gasteiger partial charge is 0.481 e. The highest BCUT2D eigenvalue weighted by Gasteiger charge is 2.30. The maximum atomic E-state index is 13.3. The number of pyridine rings is 1. The molecule has 1 aliphatic heterocycles. The molecule has 0 saturated heterocycles. The fourth-order valence-electron chi connectivity index (χ4n) is 3.71. The molecule has 0 radical (unpaired) electrons. The van der Waals surface area contributed by atoms with Gasteiger partial charge in [0.1, 0.15) is 23.2 Å². The molecular weight excluding hydrogens is 402 g/mol. The molecule has 3 aromatic rings. The van der Waals surface area contributed by atoms with E-state index in [9.17, 15) is 4.79 Å². The van der Waals surface area contributed by atoms with Crippen LogP contribution in [0.15, 0.2) is 29.2 Å². The van der Waals surface area contributed by atoms with Gasteiger partial charge in [0.05, 0.1) is 33.9 Å². The quantitative estimate of drug-likeness (QED) is 0.504. The van der Waals surface area contributed by atoms with Gasteiger partial charge in [0.15, 0.2) is 6.39 Å². The number of fused-ring (bicyclic) bond motifs is 1. The van der Waals surface area contributed by atoms with Crippen molar-refractivity contribution in [2.24, 2.45) is 0 Å². The Balaban J connectivity index is 1.64. The van der Waals surface area contributed by atoms with Crippen molar-refractivity contribution in [2.75, 3.05) is 34.0 Å². The average Bonchev–Trinajstić information content (AvgIpc) is 3.46. The van der Waals surface area contributed by atoms with Gasteiger partial charge in [-0.3, -0.25) is 9.48 Å². The van der Waals surface area contributed by atoms with E-state index in [0.717, 1.165) is 17.0 Å². The maximum Gasteiger partial charge on any atom is 0.259 e. The van der Waals surface area contributed by atoms with E-state index in [0.29, 0.717) is 56.4 Å². The number of amides is 1. The van der Waals surface area contributed by atoms with Crippen molar-refractivity contribution in [3.05, 3.63) is 41.6 Å². The predicted molar refractivity (Wildman–Crippen MR) is 110 cm³/mol. The lowest BCUT2D eigenvalue weighted by Crippen LogP contribution is -2.36. The zero-order valence-corrected chi connectivity index (χ0v) is 17.8. The predicted octanol–water partition coefficient (Wildman–Crippen LogP) is 2.19. The molecule has 0 aliphatic carbocycles. The number of methoxy groups -OCH3 is 2. The monoisotopic (exact) mass is 427 g/mol. The minimum Gasteiger partial charge on any atom is -0.481 e. The Hall–Kier alpha value is -3.40. The van der Waals surface area contributed by atoms with Crippen LogP contribution in [0.5, 0.6) is 11.8 Å². The lowest BCUT2D eigenvalue weighted by atomic mass is 10.0. The number of aromatic nitrogens is 4. The molecule has 1 amide bonds. The first-order valence-electron chi connectivity index (χ1n) is 10.1. The lowest BCUT2D eigenvalue weighted by molar-refractivity contribution is 0.0728. The molecule has 0 saturated carbocycles. The Morgan fingerprint density at radius 1 is 1.26 bits per heavy atom. The molecule has 0 fully saturated rings. The van der Waals surface area contributed by atoms with E-state index in [4.69, 9.17) is 23.7 Å². The summed E-state index contributed by atoms with van der Waals surface area (Å²) < 4.78 is 23.1. The lowest BCUT2D eigenvalue weighted by Gasteiger charge is -2.28. The third-order valence-electron chi connectivity index (χ3n) is 5.22. The molecule has 0 atom stereocenters. The summed E-state index contributed by atoms with van der Waals surface area (Å²) in [6, 6.07) is 3.32. The highest BCUT2D eigenvalue weighted by Crippen LogP contribution is 2.31. The molecule has 3 aromatic heterocycles. The van der Waals surface area contributed by atoms with Gasteiger partial charge in [-0.25, -0.2) is 4.98 Å². The number of hydrogen-bond acceptors (Lipinski definition) is 8. The van der Waals surface area contributed by atoms with Crippen LogP contribution in [0.1, 0.15) is 28.5 Å². The summed E-state index contributed by atoms with van der Waals surface area (Å²) in [6.07, 6.45) is 3.61. The van der Waals surface area contributed by atoms with Crippen LogP contribution >= 0.6 is 0 Å². The zero-order chi connectivity index (χ0) is 21.8. The minimum absolute atomic E-state index is 0.161. The molecule has 0 unspecified atom stereocenters. The molecule has 0 N–H and O–H groups in total. The molecule has 10 heteroatoms. The standard InChI is InChI=1S/C21H25N5O5/c1-4-30-10-9-26-17-7-8-25(11-15(17)19(24-26)16-12-31-13-22-16)21(27)14-5-6-18(28-2)23-20(14)29-3/h5-6,12-13H,4,7-11H2,1-3H3. The average molecular weight is 427 g/mol. The maximum absolute atomic E-state index is 13.3. The smallest absolute Gasteiger partial charge is 0.259 e. The minimum atomic E-state index is -0.161. The molecule has 0 aromatic carbocycles. The molecule has 31 heavy (non-hydrogen) atoms. The fourth-order valence-corrected chi connectivity index (χ4v) is 3.71. The summed E-state index contributed by atoms with van der Waals surface area (Å²) in [5.74, 6) is 0.461. The van der Waals surface area contributed by atoms with Gasteiger partial charge < -0.3 is 23.5 Å². The van der Waals surface area contributed by atoms with Gasteiger partial charge in [-0.05, 0) is 13.0 Å². The van der Waals surface area contributed by atoms with E-state index >= 15 is 0 Å². The van der Waals surface area contributed by atoms with Gasteiger partial charge in [0.2, 0.25) is 11.8 Å². The first-order chi connectivity index (χ1) is 15.2. The highest BCUT2D eigenvalue weighted by molar-refractivity contribution is 5.96. The van der Waals surface area contributed by atoms with Crippen molar-refractivity contribution in [1.29, 1.82) is 0 Å². The van der Waals surface area contributed by atoms with E-state index in [-0.39, 0.29) is 11.8 Å². The molecule has 10 nitrogen and oxygen atoms in total. The summed E-state index contributed by atoms with van der Waals surface area (Å²) >= 11 is 0. The molecule has 0 spiro atoms. The Labute approximate surface area is 179 Å². The second-order valence-electron chi connectivity index (χ2n) is 6.95. The summed E-state index contributed by atoms with van der Waals surface area (Å²) in [4.78, 5) is 23.5. The molecule has 4 heterocycles. The Morgan fingerprint density at radius 2 is 2.13 bits per heavy atom. The fraction of sp³-hybridized carbons (Fsp3) is 0.429. The molecular formula is C21H25N5O5. The van der Waals surface area contributed by atoms with Crippen LogP contribution in [0.25, 0.3) is 11.4 Å². The van der Waals surface area contributed by atoms with Crippen molar-refractivity contribution in [3.8, 4) is 23.1 Å². The van der Waals surface area contributed by atoms with Crippen LogP contribution in [0.2, 0.25) is 0 Å². The van der Waals surface area contributed by atoms with E-state index in [2.05, 4.69) is 9.97 Å². The Morgan fingerprint density at radius 3 is 2.84 bits per heavy atom. The third kappa shape index (κ3) is 4.11.